The van der Waals surface area contributed by atoms with Crippen LogP contribution in [-0.4, -0.2) is 31.2 Å². The smallest absolute Gasteiger partial charge is 0.408 e. The topological polar surface area (TPSA) is 64.6 Å². The number of carbonyl (C=O) groups excluding carboxylic acids is 2. The number of rotatable bonds is 8. The van der Waals surface area contributed by atoms with Gasteiger partial charge in [0.15, 0.2) is 0 Å². The fraction of sp³-hybridized carbons (Fsp3) is 0.467. The molecule has 0 saturated heterocycles. The van der Waals surface area contributed by atoms with Gasteiger partial charge >= 0.3 is 12.1 Å². The molecule has 1 N–H and O–H groups in total. The Morgan fingerprint density at radius 3 is 2.59 bits per heavy atom. The number of esters is 1. The van der Waals surface area contributed by atoms with Crippen LogP contribution in [0.3, 0.4) is 0 Å². The Balaban J connectivity index is 2.60. The quantitative estimate of drug-likeness (QED) is 0.343. The molecule has 1 rings (SSSR count). The number of thioether (sulfide) groups is 1. The lowest BCUT2D eigenvalue weighted by atomic mass is 10.3. The zero-order valence-corrected chi connectivity index (χ0v) is 13.5. The molecule has 0 spiro atoms. The average molecular weight is 329 g/mol. The molecule has 0 aliphatic carbocycles. The number of amides is 1. The molecule has 0 aliphatic rings. The zero-order valence-electron chi connectivity index (χ0n) is 12.6. The van der Waals surface area contributed by atoms with E-state index < -0.39 is 17.4 Å². The second-order valence-electron chi connectivity index (χ2n) is 4.47. The predicted molar refractivity (Wildman–Crippen MR) is 82.1 cm³/mol. The molecule has 7 heteroatoms. The van der Waals surface area contributed by atoms with Crippen LogP contribution in [-0.2, 0) is 14.3 Å². The molecule has 1 aromatic rings. The van der Waals surface area contributed by atoms with E-state index in [4.69, 9.17) is 4.74 Å². The van der Waals surface area contributed by atoms with Crippen LogP contribution in [0.15, 0.2) is 29.2 Å². The van der Waals surface area contributed by atoms with Crippen molar-refractivity contribution < 1.29 is 23.5 Å². The number of unbranched alkanes of at least 4 members (excludes halogenated alkanes) is 1. The van der Waals surface area contributed by atoms with Crippen molar-refractivity contribution in [1.82, 2.24) is 5.32 Å². The number of benzene rings is 1. The fourth-order valence-corrected chi connectivity index (χ4v) is 2.51. The van der Waals surface area contributed by atoms with Crippen LogP contribution >= 0.6 is 11.8 Å². The van der Waals surface area contributed by atoms with Crippen molar-refractivity contribution >= 4 is 23.8 Å². The third kappa shape index (κ3) is 7.31. The third-order valence-electron chi connectivity index (χ3n) is 2.68. The first kappa shape index (κ1) is 18.3. The van der Waals surface area contributed by atoms with Gasteiger partial charge in [-0.05, 0) is 30.7 Å². The predicted octanol–water partition coefficient (Wildman–Crippen LogP) is 3.33. The highest BCUT2D eigenvalue weighted by atomic mass is 32.2. The van der Waals surface area contributed by atoms with E-state index in [9.17, 15) is 14.0 Å². The minimum Gasteiger partial charge on any atom is -0.469 e. The van der Waals surface area contributed by atoms with Crippen molar-refractivity contribution in [1.29, 1.82) is 0 Å². The van der Waals surface area contributed by atoms with Gasteiger partial charge in [0, 0.05) is 4.90 Å². The summed E-state index contributed by atoms with van der Waals surface area (Å²) in [6.45, 7) is 2.32. The normalized spacial score (nSPS) is 11.6. The second kappa shape index (κ2) is 10.0. The summed E-state index contributed by atoms with van der Waals surface area (Å²) < 4.78 is 22.5. The molecular formula is C15H20FNO4S. The molecule has 0 fully saturated rings. The van der Waals surface area contributed by atoms with Gasteiger partial charge in [0.05, 0.1) is 25.5 Å². The molecule has 0 heterocycles. The number of hydrogen-bond acceptors (Lipinski definition) is 5. The van der Waals surface area contributed by atoms with Crippen LogP contribution in [0.25, 0.3) is 0 Å². The molecule has 1 amide bonds. The monoisotopic (exact) mass is 329 g/mol. The van der Waals surface area contributed by atoms with Crippen LogP contribution in [0.1, 0.15) is 26.2 Å². The summed E-state index contributed by atoms with van der Waals surface area (Å²) in [5, 5.41) is 2.06. The standard InChI is InChI=1S/C15H20FNO4S/c1-3-4-9-21-15(19)17-13(10-14(18)20-2)22-12-7-5-11(16)6-8-12/h5-8,13H,3-4,9-10H2,1-2H3,(H,17,19). The Hall–Kier alpha value is -1.76. The number of hydrogen-bond donors (Lipinski definition) is 1. The molecule has 0 radical (unpaired) electrons. The summed E-state index contributed by atoms with van der Waals surface area (Å²) in [7, 11) is 1.28. The fourth-order valence-electron chi connectivity index (χ4n) is 1.52. The largest absolute Gasteiger partial charge is 0.469 e. The van der Waals surface area contributed by atoms with Gasteiger partial charge in [0.25, 0.3) is 0 Å². The molecule has 122 valence electrons. The number of alkyl carbamates (subject to hydrolysis) is 1. The number of nitrogens with one attached hydrogen (secondary N) is 1. The highest BCUT2D eigenvalue weighted by Crippen LogP contribution is 2.24. The molecule has 0 aromatic heterocycles. The van der Waals surface area contributed by atoms with Crippen LogP contribution in [0.2, 0.25) is 0 Å². The van der Waals surface area contributed by atoms with Gasteiger partial charge in [-0.15, -0.1) is 11.8 Å². The highest BCUT2D eigenvalue weighted by molar-refractivity contribution is 8.00. The molecule has 0 bridgehead atoms. The number of methoxy groups -OCH3 is 1. The maximum absolute atomic E-state index is 12.9. The van der Waals surface area contributed by atoms with E-state index in [1.54, 1.807) is 12.1 Å². The lowest BCUT2D eigenvalue weighted by molar-refractivity contribution is -0.140. The van der Waals surface area contributed by atoms with E-state index in [0.717, 1.165) is 17.7 Å². The van der Waals surface area contributed by atoms with E-state index in [1.807, 2.05) is 6.92 Å². The summed E-state index contributed by atoms with van der Waals surface area (Å²) in [6.07, 6.45) is 1.10. The van der Waals surface area contributed by atoms with Gasteiger partial charge in [0.2, 0.25) is 0 Å². The van der Waals surface area contributed by atoms with E-state index in [2.05, 4.69) is 10.1 Å². The van der Waals surface area contributed by atoms with Gasteiger partial charge in [-0.3, -0.25) is 4.79 Å². The Labute approximate surface area is 133 Å². The maximum Gasteiger partial charge on any atom is 0.408 e. The van der Waals surface area contributed by atoms with Crippen molar-refractivity contribution in [2.75, 3.05) is 13.7 Å². The van der Waals surface area contributed by atoms with Gasteiger partial charge in [-0.1, -0.05) is 13.3 Å². The molecule has 1 unspecified atom stereocenters. The highest BCUT2D eigenvalue weighted by Gasteiger charge is 2.19. The summed E-state index contributed by atoms with van der Waals surface area (Å²) in [6, 6.07) is 5.79. The summed E-state index contributed by atoms with van der Waals surface area (Å²) in [5.74, 6) is -0.797. The van der Waals surface area contributed by atoms with E-state index in [1.165, 1.54) is 31.0 Å². The van der Waals surface area contributed by atoms with Crippen molar-refractivity contribution in [3.8, 4) is 0 Å². The summed E-state index contributed by atoms with van der Waals surface area (Å²) >= 11 is 1.23. The van der Waals surface area contributed by atoms with Crippen molar-refractivity contribution in [3.05, 3.63) is 30.1 Å². The molecule has 5 nitrogen and oxygen atoms in total. The minimum atomic E-state index is -0.586. The van der Waals surface area contributed by atoms with Crippen LogP contribution in [0, 0.1) is 5.82 Å². The van der Waals surface area contributed by atoms with Gasteiger partial charge in [-0.25, -0.2) is 9.18 Å². The van der Waals surface area contributed by atoms with Gasteiger partial charge < -0.3 is 14.8 Å². The Kier molecular flexibility index (Phi) is 8.35. The Bertz CT molecular complexity index is 481. The summed E-state index contributed by atoms with van der Waals surface area (Å²) in [5.41, 5.74) is 0. The summed E-state index contributed by atoms with van der Waals surface area (Å²) in [4.78, 5) is 23.8. The molecule has 1 atom stereocenters. The minimum absolute atomic E-state index is 0.0125. The zero-order chi connectivity index (χ0) is 16.4. The SMILES string of the molecule is CCCCOC(=O)NC(CC(=O)OC)Sc1ccc(F)cc1. The lowest BCUT2D eigenvalue weighted by Gasteiger charge is -2.17. The van der Waals surface area contributed by atoms with Crippen LogP contribution < -0.4 is 5.32 Å². The number of ether oxygens (including phenoxy) is 2. The maximum atomic E-state index is 12.9. The van der Waals surface area contributed by atoms with Crippen molar-refractivity contribution in [2.45, 2.75) is 36.5 Å². The van der Waals surface area contributed by atoms with Crippen molar-refractivity contribution in [3.63, 3.8) is 0 Å². The Morgan fingerprint density at radius 1 is 1.32 bits per heavy atom. The molecule has 0 aliphatic heterocycles. The van der Waals surface area contributed by atoms with E-state index in [0.29, 0.717) is 6.61 Å². The molecule has 1 aromatic carbocycles. The average Bonchev–Trinajstić information content (AvgIpc) is 2.49. The van der Waals surface area contributed by atoms with Crippen molar-refractivity contribution in [2.24, 2.45) is 0 Å². The molecule has 22 heavy (non-hydrogen) atoms. The first-order chi connectivity index (χ1) is 10.5. The van der Waals surface area contributed by atoms with E-state index in [-0.39, 0.29) is 12.2 Å². The third-order valence-corrected chi connectivity index (χ3v) is 3.79. The lowest BCUT2D eigenvalue weighted by Crippen LogP contribution is -2.35. The molecule has 0 saturated carbocycles. The van der Waals surface area contributed by atoms with E-state index >= 15 is 0 Å². The second-order valence-corrected chi connectivity index (χ2v) is 5.75. The van der Waals surface area contributed by atoms with Crippen LogP contribution in [0.4, 0.5) is 9.18 Å². The van der Waals surface area contributed by atoms with Gasteiger partial charge in [0.1, 0.15) is 5.82 Å². The van der Waals surface area contributed by atoms with Crippen LogP contribution in [0.5, 0.6) is 0 Å². The Morgan fingerprint density at radius 2 is 2.00 bits per heavy atom. The van der Waals surface area contributed by atoms with Gasteiger partial charge in [-0.2, -0.15) is 0 Å². The first-order valence-corrected chi connectivity index (χ1v) is 7.85. The number of halogens is 1. The number of carbonyl (C=O) groups is 2. The molecular weight excluding hydrogens is 309 g/mol. The first-order valence-electron chi connectivity index (χ1n) is 6.97.